The number of hydrogen-bond acceptors (Lipinski definition) is 3. The van der Waals surface area contributed by atoms with Gasteiger partial charge in [0.25, 0.3) is 0 Å². The Morgan fingerprint density at radius 2 is 2.28 bits per heavy atom. The summed E-state index contributed by atoms with van der Waals surface area (Å²) in [5.41, 5.74) is 2.52. The molecule has 1 aromatic carbocycles. The minimum Gasteiger partial charge on any atom is -0.395 e. The number of carbonyl (C=O) groups excluding carboxylic acids is 1. The first kappa shape index (κ1) is 18.0. The van der Waals surface area contributed by atoms with Crippen LogP contribution in [-0.2, 0) is 17.8 Å². The summed E-state index contributed by atoms with van der Waals surface area (Å²) >= 11 is 5.90. The first-order valence-corrected chi connectivity index (χ1v) is 9.15. The van der Waals surface area contributed by atoms with Crippen LogP contribution in [-0.4, -0.2) is 38.8 Å². The van der Waals surface area contributed by atoms with Gasteiger partial charge in [0.15, 0.2) is 0 Å². The summed E-state index contributed by atoms with van der Waals surface area (Å²) in [7, 11) is 0. The summed E-state index contributed by atoms with van der Waals surface area (Å²) < 4.78 is 1.69. The maximum absolute atomic E-state index is 13.1. The van der Waals surface area contributed by atoms with Gasteiger partial charge in [0.1, 0.15) is 0 Å². The van der Waals surface area contributed by atoms with Crippen molar-refractivity contribution in [2.75, 3.05) is 13.2 Å². The highest BCUT2D eigenvalue weighted by Gasteiger charge is 2.31. The fraction of sp³-hybridized carbons (Fsp3) is 0.474. The quantitative estimate of drug-likeness (QED) is 0.860. The lowest BCUT2D eigenvalue weighted by Gasteiger charge is -2.37. The van der Waals surface area contributed by atoms with Crippen LogP contribution in [0.15, 0.2) is 36.7 Å². The number of rotatable bonds is 6. The molecule has 1 aliphatic rings. The second kappa shape index (κ2) is 8.02. The van der Waals surface area contributed by atoms with Crippen LogP contribution in [0.5, 0.6) is 0 Å². The first-order valence-electron chi connectivity index (χ1n) is 8.77. The Morgan fingerprint density at radius 3 is 3.00 bits per heavy atom. The Kier molecular flexibility index (Phi) is 5.76. The van der Waals surface area contributed by atoms with Gasteiger partial charge < -0.3 is 10.0 Å². The van der Waals surface area contributed by atoms with Crippen molar-refractivity contribution in [1.29, 1.82) is 0 Å². The Balaban J connectivity index is 1.79. The molecular weight excluding hydrogens is 338 g/mol. The number of amides is 1. The van der Waals surface area contributed by atoms with Gasteiger partial charge in [-0.05, 0) is 30.4 Å². The van der Waals surface area contributed by atoms with Crippen LogP contribution in [0.1, 0.15) is 36.9 Å². The average Bonchev–Trinajstić information content (AvgIpc) is 3.03. The van der Waals surface area contributed by atoms with E-state index in [1.54, 1.807) is 17.1 Å². The molecule has 0 fully saturated rings. The van der Waals surface area contributed by atoms with Crippen LogP contribution in [0.2, 0.25) is 5.02 Å². The molecule has 1 N–H and O–H groups in total. The molecule has 1 heterocycles. The highest BCUT2D eigenvalue weighted by molar-refractivity contribution is 6.30. The summed E-state index contributed by atoms with van der Waals surface area (Å²) in [4.78, 5) is 14.9. The molecule has 25 heavy (non-hydrogen) atoms. The number of halogens is 1. The minimum atomic E-state index is -0.239. The van der Waals surface area contributed by atoms with Crippen molar-refractivity contribution in [1.82, 2.24) is 14.7 Å². The van der Waals surface area contributed by atoms with Gasteiger partial charge in [-0.25, -0.2) is 0 Å². The monoisotopic (exact) mass is 361 g/mol. The fourth-order valence-electron chi connectivity index (χ4n) is 3.66. The highest BCUT2D eigenvalue weighted by atomic mass is 35.5. The zero-order valence-electron chi connectivity index (χ0n) is 14.4. The Labute approximate surface area is 153 Å². The van der Waals surface area contributed by atoms with E-state index in [9.17, 15) is 9.90 Å². The van der Waals surface area contributed by atoms with E-state index in [0.717, 1.165) is 19.3 Å². The first-order chi connectivity index (χ1) is 12.1. The van der Waals surface area contributed by atoms with Crippen molar-refractivity contribution < 1.29 is 9.90 Å². The van der Waals surface area contributed by atoms with E-state index in [1.807, 2.05) is 24.0 Å². The number of aliphatic hydroxyl groups is 1. The molecule has 6 heteroatoms. The fourth-order valence-corrected chi connectivity index (χ4v) is 3.82. The number of fused-ring (bicyclic) bond motifs is 1. The molecule has 0 spiro atoms. The van der Waals surface area contributed by atoms with Gasteiger partial charge in [0.05, 0.1) is 36.3 Å². The molecule has 0 aliphatic heterocycles. The van der Waals surface area contributed by atoms with Gasteiger partial charge in [-0.3, -0.25) is 9.48 Å². The van der Waals surface area contributed by atoms with E-state index in [1.165, 1.54) is 11.1 Å². The van der Waals surface area contributed by atoms with Crippen molar-refractivity contribution in [2.24, 2.45) is 5.92 Å². The van der Waals surface area contributed by atoms with E-state index in [-0.39, 0.29) is 24.5 Å². The number of benzene rings is 1. The van der Waals surface area contributed by atoms with Crippen molar-refractivity contribution in [3.05, 3.63) is 52.8 Å². The van der Waals surface area contributed by atoms with Gasteiger partial charge >= 0.3 is 0 Å². The molecule has 0 saturated carbocycles. The molecule has 2 aromatic rings. The topological polar surface area (TPSA) is 58.4 Å². The SMILES string of the molecule is C[C@@H](Cn1cc(Cl)cn1)C(=O)N(CCO)[C@@H]1CCCc2ccccc21. The molecule has 3 rings (SSSR count). The average molecular weight is 362 g/mol. The van der Waals surface area contributed by atoms with Gasteiger partial charge in [-0.2, -0.15) is 5.10 Å². The second-order valence-corrected chi connectivity index (χ2v) is 7.08. The van der Waals surface area contributed by atoms with Crippen molar-refractivity contribution in [2.45, 2.75) is 38.8 Å². The number of aryl methyl sites for hydroxylation is 1. The third-order valence-electron chi connectivity index (χ3n) is 4.82. The molecule has 0 radical (unpaired) electrons. The molecule has 1 amide bonds. The zero-order valence-corrected chi connectivity index (χ0v) is 15.2. The molecule has 5 nitrogen and oxygen atoms in total. The third kappa shape index (κ3) is 4.05. The molecule has 1 aromatic heterocycles. The van der Waals surface area contributed by atoms with Gasteiger partial charge in [0.2, 0.25) is 5.91 Å². The van der Waals surface area contributed by atoms with E-state index in [4.69, 9.17) is 11.6 Å². The summed E-state index contributed by atoms with van der Waals surface area (Å²) in [6, 6.07) is 8.35. The molecule has 0 unspecified atom stereocenters. The van der Waals surface area contributed by atoms with Crippen LogP contribution in [0.25, 0.3) is 0 Å². The zero-order chi connectivity index (χ0) is 17.8. The Bertz CT molecular complexity index is 731. The van der Waals surface area contributed by atoms with Gasteiger partial charge in [0, 0.05) is 12.7 Å². The maximum Gasteiger partial charge on any atom is 0.227 e. The normalized spacial score (nSPS) is 17.8. The number of hydrogen-bond donors (Lipinski definition) is 1. The molecular formula is C19H24ClN3O2. The molecule has 1 aliphatic carbocycles. The minimum absolute atomic E-state index is 0.0354. The van der Waals surface area contributed by atoms with E-state index in [2.05, 4.69) is 17.2 Å². The third-order valence-corrected chi connectivity index (χ3v) is 5.02. The molecule has 0 bridgehead atoms. The lowest BCUT2D eigenvalue weighted by molar-refractivity contribution is -0.139. The Morgan fingerprint density at radius 1 is 1.48 bits per heavy atom. The van der Waals surface area contributed by atoms with Crippen LogP contribution in [0, 0.1) is 5.92 Å². The van der Waals surface area contributed by atoms with Gasteiger partial charge in [-0.15, -0.1) is 0 Å². The largest absolute Gasteiger partial charge is 0.395 e. The highest BCUT2D eigenvalue weighted by Crippen LogP contribution is 2.35. The number of nitrogens with zero attached hydrogens (tertiary/aromatic N) is 3. The van der Waals surface area contributed by atoms with Crippen LogP contribution in [0.3, 0.4) is 0 Å². The van der Waals surface area contributed by atoms with E-state index in [0.29, 0.717) is 18.1 Å². The predicted octanol–water partition coefficient (Wildman–Crippen LogP) is 3.07. The molecule has 0 saturated heterocycles. The van der Waals surface area contributed by atoms with Crippen LogP contribution in [0.4, 0.5) is 0 Å². The number of aliphatic hydroxyl groups excluding tert-OH is 1. The Hall–Kier alpha value is -1.85. The number of aromatic nitrogens is 2. The van der Waals surface area contributed by atoms with Crippen molar-refractivity contribution in [3.63, 3.8) is 0 Å². The van der Waals surface area contributed by atoms with E-state index >= 15 is 0 Å². The summed E-state index contributed by atoms with van der Waals surface area (Å²) in [5, 5.41) is 14.2. The van der Waals surface area contributed by atoms with Crippen molar-refractivity contribution in [3.8, 4) is 0 Å². The summed E-state index contributed by atoms with van der Waals surface area (Å²) in [5.74, 6) is -0.195. The lowest BCUT2D eigenvalue weighted by atomic mass is 9.86. The maximum atomic E-state index is 13.1. The molecule has 134 valence electrons. The summed E-state index contributed by atoms with van der Waals surface area (Å²) in [6.07, 6.45) is 6.33. The standard InChI is InChI=1S/C19H24ClN3O2/c1-14(12-22-13-16(20)11-21-22)19(25)23(9-10-24)18-8-4-6-15-5-2-3-7-17(15)18/h2-3,5,7,11,13-14,18,24H,4,6,8-10,12H2,1H3/t14-,18+/m0/s1. The smallest absolute Gasteiger partial charge is 0.227 e. The van der Waals surface area contributed by atoms with E-state index < -0.39 is 0 Å². The van der Waals surface area contributed by atoms with Crippen LogP contribution >= 0.6 is 11.6 Å². The summed E-state index contributed by atoms with van der Waals surface area (Å²) in [6.45, 7) is 2.69. The lowest BCUT2D eigenvalue weighted by Crippen LogP contribution is -2.42. The predicted molar refractivity (Wildman–Crippen MR) is 97.3 cm³/mol. The molecule has 2 atom stereocenters. The number of carbonyl (C=O) groups is 1. The van der Waals surface area contributed by atoms with Crippen LogP contribution < -0.4 is 0 Å². The van der Waals surface area contributed by atoms with Crippen molar-refractivity contribution >= 4 is 17.5 Å². The van der Waals surface area contributed by atoms with Gasteiger partial charge in [-0.1, -0.05) is 42.8 Å². The second-order valence-electron chi connectivity index (χ2n) is 6.64.